The molecule has 0 bridgehead atoms. The van der Waals surface area contributed by atoms with E-state index in [1.54, 1.807) is 60.7 Å². The zero-order valence-electron chi connectivity index (χ0n) is 21.7. The lowest BCUT2D eigenvalue weighted by atomic mass is 10.1. The summed E-state index contributed by atoms with van der Waals surface area (Å²) in [5.41, 5.74) is 4.28. The molecule has 4 aromatic carbocycles. The molecule has 9 heteroatoms. The predicted octanol–water partition coefficient (Wildman–Crippen LogP) is 7.00. The van der Waals surface area contributed by atoms with Gasteiger partial charge in [-0.3, -0.25) is 0 Å². The van der Waals surface area contributed by atoms with Gasteiger partial charge < -0.3 is 19.0 Å². The number of phenolic OH excluding ortho intramolecular Hbond substituents is 2. The second-order valence-electron chi connectivity index (χ2n) is 9.47. The van der Waals surface area contributed by atoms with Gasteiger partial charge in [0, 0.05) is 11.1 Å². The summed E-state index contributed by atoms with van der Waals surface area (Å²) >= 11 is 0. The van der Waals surface area contributed by atoms with Crippen LogP contribution in [0.5, 0.6) is 11.5 Å². The van der Waals surface area contributed by atoms with E-state index >= 15 is 0 Å². The second-order valence-corrected chi connectivity index (χ2v) is 11.4. The van der Waals surface area contributed by atoms with E-state index in [4.69, 9.17) is 8.83 Å². The van der Waals surface area contributed by atoms with Gasteiger partial charge in [-0.1, -0.05) is 12.2 Å². The quantitative estimate of drug-likeness (QED) is 0.189. The Hall–Kier alpha value is -5.15. The van der Waals surface area contributed by atoms with Crippen LogP contribution in [0.2, 0.25) is 0 Å². The second kappa shape index (κ2) is 10.1. The fraction of sp³-hybridized carbons (Fsp3) is 0.0625. The van der Waals surface area contributed by atoms with Crippen LogP contribution in [0.1, 0.15) is 11.1 Å². The molecule has 0 amide bonds. The number of rotatable bonds is 8. The van der Waals surface area contributed by atoms with Gasteiger partial charge >= 0.3 is 0 Å². The summed E-state index contributed by atoms with van der Waals surface area (Å²) < 4.78 is 38.9. The van der Waals surface area contributed by atoms with Gasteiger partial charge in [0.15, 0.2) is 11.2 Å². The van der Waals surface area contributed by atoms with Crippen LogP contribution in [0.15, 0.2) is 117 Å². The standard InChI is InChI=1S/C32H24N2O6S/c1-3-5-19-15-21(7-11-27(19)35)31-33-25-17-23(9-13-29(25)39-31)41(37,38)24-10-14-30-26(18-24)34-32(40-30)22-8-12-28(36)20(16-22)6-4-2/h3-4,7-18,35-36H,1-2,5-6H2. The Morgan fingerprint density at radius 3 is 1.51 bits per heavy atom. The SMILES string of the molecule is C=CCc1cc(-c2nc3cc(S(=O)(=O)c4ccc5oc(-c6ccc(O)c(CC=C)c6)nc5c4)ccc3o2)ccc1O. The molecule has 2 aromatic heterocycles. The smallest absolute Gasteiger partial charge is 0.227 e. The third-order valence-corrected chi connectivity index (χ3v) is 8.47. The van der Waals surface area contributed by atoms with E-state index in [2.05, 4.69) is 23.1 Å². The van der Waals surface area contributed by atoms with E-state index in [1.165, 1.54) is 24.3 Å². The van der Waals surface area contributed by atoms with E-state index in [-0.39, 0.29) is 21.3 Å². The van der Waals surface area contributed by atoms with Gasteiger partial charge in [-0.25, -0.2) is 18.4 Å². The minimum atomic E-state index is -3.92. The normalized spacial score (nSPS) is 11.7. The summed E-state index contributed by atoms with van der Waals surface area (Å²) in [7, 11) is -3.92. The number of hydrogen-bond acceptors (Lipinski definition) is 8. The number of sulfone groups is 1. The van der Waals surface area contributed by atoms with Crippen LogP contribution in [0.25, 0.3) is 45.1 Å². The van der Waals surface area contributed by atoms with Gasteiger partial charge in [-0.15, -0.1) is 13.2 Å². The van der Waals surface area contributed by atoms with Crippen LogP contribution in [0.3, 0.4) is 0 Å². The van der Waals surface area contributed by atoms with Crippen molar-refractivity contribution in [2.24, 2.45) is 0 Å². The van der Waals surface area contributed by atoms with Gasteiger partial charge in [0.05, 0.1) is 9.79 Å². The molecule has 2 heterocycles. The minimum absolute atomic E-state index is 0.0542. The molecule has 41 heavy (non-hydrogen) atoms. The largest absolute Gasteiger partial charge is 0.508 e. The first-order chi connectivity index (χ1) is 19.8. The summed E-state index contributed by atoms with van der Waals surface area (Å²) in [6, 6.07) is 19.1. The molecule has 0 radical (unpaired) electrons. The van der Waals surface area contributed by atoms with E-state index in [9.17, 15) is 18.6 Å². The van der Waals surface area contributed by atoms with Crippen molar-refractivity contribution in [2.45, 2.75) is 22.6 Å². The van der Waals surface area contributed by atoms with Gasteiger partial charge in [0.2, 0.25) is 21.6 Å². The van der Waals surface area contributed by atoms with Crippen LogP contribution >= 0.6 is 0 Å². The maximum Gasteiger partial charge on any atom is 0.227 e. The van der Waals surface area contributed by atoms with Gasteiger partial charge in [0.25, 0.3) is 0 Å². The summed E-state index contributed by atoms with van der Waals surface area (Å²) in [5, 5.41) is 20.1. The molecule has 6 aromatic rings. The first kappa shape index (κ1) is 26.1. The van der Waals surface area contributed by atoms with E-state index in [1.807, 2.05) is 0 Å². The topological polar surface area (TPSA) is 127 Å². The fourth-order valence-corrected chi connectivity index (χ4v) is 5.91. The molecule has 0 spiro atoms. The number of fused-ring (bicyclic) bond motifs is 2. The van der Waals surface area contributed by atoms with Crippen molar-refractivity contribution in [1.29, 1.82) is 0 Å². The van der Waals surface area contributed by atoms with E-state index in [0.717, 1.165) is 0 Å². The Balaban J connectivity index is 1.34. The zero-order chi connectivity index (χ0) is 28.7. The van der Waals surface area contributed by atoms with Crippen molar-refractivity contribution in [3.05, 3.63) is 109 Å². The Morgan fingerprint density at radius 2 is 1.10 bits per heavy atom. The summed E-state index contributed by atoms with van der Waals surface area (Å²) in [4.78, 5) is 9.12. The highest BCUT2D eigenvalue weighted by Crippen LogP contribution is 2.33. The highest BCUT2D eigenvalue weighted by molar-refractivity contribution is 7.91. The van der Waals surface area contributed by atoms with Crippen LogP contribution in [-0.4, -0.2) is 28.6 Å². The van der Waals surface area contributed by atoms with Crippen LogP contribution < -0.4 is 0 Å². The Kier molecular flexibility index (Phi) is 6.43. The average molecular weight is 565 g/mol. The molecular weight excluding hydrogens is 540 g/mol. The first-order valence-corrected chi connectivity index (χ1v) is 14.2. The molecule has 0 atom stereocenters. The van der Waals surface area contributed by atoms with E-state index < -0.39 is 9.84 Å². The van der Waals surface area contributed by atoms with Crippen molar-refractivity contribution < 1.29 is 27.5 Å². The number of nitrogens with zero attached hydrogens (tertiary/aromatic N) is 2. The number of oxazole rings is 2. The monoisotopic (exact) mass is 564 g/mol. The molecular formula is C32H24N2O6S. The van der Waals surface area contributed by atoms with Gasteiger partial charge in [-0.05, 0) is 96.8 Å². The molecule has 6 rings (SSSR count). The van der Waals surface area contributed by atoms with Crippen molar-refractivity contribution in [3.8, 4) is 34.4 Å². The molecule has 0 aliphatic rings. The lowest BCUT2D eigenvalue weighted by molar-refractivity contribution is 0.469. The molecule has 2 N–H and O–H groups in total. The van der Waals surface area contributed by atoms with Crippen molar-refractivity contribution in [3.63, 3.8) is 0 Å². The van der Waals surface area contributed by atoms with Crippen molar-refractivity contribution >= 4 is 32.0 Å². The lowest BCUT2D eigenvalue weighted by Gasteiger charge is -2.04. The predicted molar refractivity (Wildman–Crippen MR) is 155 cm³/mol. The third kappa shape index (κ3) is 4.76. The maximum absolute atomic E-state index is 13.6. The van der Waals surface area contributed by atoms with Crippen molar-refractivity contribution in [1.82, 2.24) is 9.97 Å². The number of benzene rings is 4. The fourth-order valence-electron chi connectivity index (χ4n) is 4.61. The summed E-state index contributed by atoms with van der Waals surface area (Å²) in [6.45, 7) is 7.42. The maximum atomic E-state index is 13.6. The highest BCUT2D eigenvalue weighted by atomic mass is 32.2. The lowest BCUT2D eigenvalue weighted by Crippen LogP contribution is -2.01. The number of aromatic hydroxyl groups is 2. The molecule has 0 aliphatic heterocycles. The molecule has 0 aliphatic carbocycles. The Labute approximate surface area is 235 Å². The van der Waals surface area contributed by atoms with Gasteiger partial charge in [-0.2, -0.15) is 0 Å². The summed E-state index contributed by atoms with van der Waals surface area (Å²) in [5.74, 6) is 0.911. The van der Waals surface area contributed by atoms with Gasteiger partial charge in [0.1, 0.15) is 22.5 Å². The molecule has 0 fully saturated rings. The molecule has 204 valence electrons. The minimum Gasteiger partial charge on any atom is -0.508 e. The van der Waals surface area contributed by atoms with Crippen LogP contribution in [0, 0.1) is 0 Å². The molecule has 0 saturated heterocycles. The Morgan fingerprint density at radius 1 is 0.659 bits per heavy atom. The first-order valence-electron chi connectivity index (χ1n) is 12.7. The number of hydrogen-bond donors (Lipinski definition) is 2. The van der Waals surface area contributed by atoms with E-state index in [0.29, 0.717) is 69.1 Å². The number of aromatic nitrogens is 2. The zero-order valence-corrected chi connectivity index (χ0v) is 22.6. The highest BCUT2D eigenvalue weighted by Gasteiger charge is 2.22. The number of phenols is 2. The van der Waals surface area contributed by atoms with Crippen LogP contribution in [-0.2, 0) is 22.7 Å². The summed E-state index contributed by atoms with van der Waals surface area (Å²) in [6.07, 6.45) is 4.33. The molecule has 8 nitrogen and oxygen atoms in total. The van der Waals surface area contributed by atoms with Crippen LogP contribution in [0.4, 0.5) is 0 Å². The third-order valence-electron chi connectivity index (χ3n) is 6.72. The molecule has 0 unspecified atom stereocenters. The molecule has 0 saturated carbocycles. The Bertz CT molecular complexity index is 1950. The number of allylic oxidation sites excluding steroid dienone is 2. The van der Waals surface area contributed by atoms with Crippen molar-refractivity contribution in [2.75, 3.05) is 0 Å². The average Bonchev–Trinajstić information content (AvgIpc) is 3.59.